The summed E-state index contributed by atoms with van der Waals surface area (Å²) in [6, 6.07) is 0.775. The fraction of sp³-hybridized carbons (Fsp3) is 0.692. The summed E-state index contributed by atoms with van der Waals surface area (Å²) >= 11 is 3.45. The van der Waals surface area contributed by atoms with Crippen LogP contribution in [0.2, 0.25) is 0 Å². The molecule has 1 fully saturated rings. The smallest absolute Gasteiger partial charge is 0.283 e. The van der Waals surface area contributed by atoms with Crippen molar-refractivity contribution in [2.45, 2.75) is 45.8 Å². The van der Waals surface area contributed by atoms with Crippen molar-refractivity contribution in [3.63, 3.8) is 0 Å². The van der Waals surface area contributed by atoms with Crippen molar-refractivity contribution in [1.29, 1.82) is 0 Å². The Morgan fingerprint density at radius 2 is 2.26 bits per heavy atom. The van der Waals surface area contributed by atoms with E-state index in [0.29, 0.717) is 23.1 Å². The minimum Gasteiger partial charge on any atom is -0.364 e. The van der Waals surface area contributed by atoms with E-state index in [2.05, 4.69) is 45.1 Å². The average Bonchev–Trinajstić information content (AvgIpc) is 2.39. The predicted molar refractivity (Wildman–Crippen MR) is 80.8 cm³/mol. The summed E-state index contributed by atoms with van der Waals surface area (Å²) in [5.41, 5.74) is 0.857. The molecule has 1 aliphatic heterocycles. The van der Waals surface area contributed by atoms with Gasteiger partial charge in [0, 0.05) is 31.7 Å². The third kappa shape index (κ3) is 3.00. The van der Waals surface area contributed by atoms with Gasteiger partial charge < -0.3 is 10.2 Å². The summed E-state index contributed by atoms with van der Waals surface area (Å²) < 4.78 is 2.14. The lowest BCUT2D eigenvalue weighted by Gasteiger charge is -2.39. The van der Waals surface area contributed by atoms with E-state index in [1.807, 2.05) is 6.92 Å². The molecule has 0 amide bonds. The van der Waals surface area contributed by atoms with Crippen LogP contribution in [0.5, 0.6) is 0 Å². The van der Waals surface area contributed by atoms with E-state index in [-0.39, 0.29) is 5.56 Å². The number of hydrogen-bond donors (Lipinski definition) is 1. The van der Waals surface area contributed by atoms with Crippen LogP contribution in [0.15, 0.2) is 15.5 Å². The summed E-state index contributed by atoms with van der Waals surface area (Å²) in [5, 5.41) is 7.71. The van der Waals surface area contributed by atoms with Gasteiger partial charge in [-0.25, -0.2) is 4.68 Å². The number of aryl methyl sites for hydroxylation is 1. The molecule has 0 saturated carbocycles. The van der Waals surface area contributed by atoms with Gasteiger partial charge in [0.1, 0.15) is 4.47 Å². The fourth-order valence-electron chi connectivity index (χ4n) is 2.38. The van der Waals surface area contributed by atoms with Gasteiger partial charge >= 0.3 is 0 Å². The third-order valence-electron chi connectivity index (χ3n) is 3.48. The molecule has 2 atom stereocenters. The van der Waals surface area contributed by atoms with Crippen LogP contribution in [-0.4, -0.2) is 35.0 Å². The fourth-order valence-corrected chi connectivity index (χ4v) is 2.92. The second kappa shape index (κ2) is 6.05. The Morgan fingerprint density at radius 1 is 1.53 bits per heavy atom. The third-order valence-corrected chi connectivity index (χ3v) is 4.22. The predicted octanol–water partition coefficient (Wildman–Crippen LogP) is 1.60. The van der Waals surface area contributed by atoms with Gasteiger partial charge in [-0.3, -0.25) is 4.79 Å². The van der Waals surface area contributed by atoms with Crippen LogP contribution in [0.1, 0.15) is 27.2 Å². The number of rotatable bonds is 3. The molecule has 6 heteroatoms. The lowest BCUT2D eigenvalue weighted by molar-refractivity contribution is 0.423. The molecule has 1 aromatic heterocycles. The molecule has 0 aromatic carbocycles. The van der Waals surface area contributed by atoms with Crippen LogP contribution in [0.25, 0.3) is 0 Å². The second-order valence-electron chi connectivity index (χ2n) is 5.18. The molecule has 0 bridgehead atoms. The molecule has 0 aliphatic carbocycles. The van der Waals surface area contributed by atoms with Gasteiger partial charge in [-0.1, -0.05) is 6.92 Å². The summed E-state index contributed by atoms with van der Waals surface area (Å²) in [5.74, 6) is 0. The van der Waals surface area contributed by atoms with Crippen molar-refractivity contribution in [2.75, 3.05) is 18.0 Å². The quantitative estimate of drug-likeness (QED) is 0.915. The van der Waals surface area contributed by atoms with Crippen molar-refractivity contribution < 1.29 is 0 Å². The maximum absolute atomic E-state index is 12.2. The van der Waals surface area contributed by atoms with Crippen LogP contribution >= 0.6 is 15.9 Å². The zero-order valence-electron chi connectivity index (χ0n) is 11.7. The topological polar surface area (TPSA) is 50.2 Å². The summed E-state index contributed by atoms with van der Waals surface area (Å²) in [4.78, 5) is 14.5. The molecule has 2 rings (SSSR count). The molecule has 1 aliphatic rings. The summed E-state index contributed by atoms with van der Waals surface area (Å²) in [7, 11) is 0. The van der Waals surface area contributed by atoms with E-state index in [4.69, 9.17) is 0 Å². The first-order valence-corrected chi connectivity index (χ1v) is 7.59. The molecule has 1 saturated heterocycles. The Hall–Kier alpha value is -0.880. The van der Waals surface area contributed by atoms with E-state index in [1.54, 1.807) is 6.20 Å². The second-order valence-corrected chi connectivity index (χ2v) is 5.98. The molecule has 0 spiro atoms. The van der Waals surface area contributed by atoms with Crippen LogP contribution < -0.4 is 15.8 Å². The van der Waals surface area contributed by atoms with Crippen molar-refractivity contribution >= 4 is 21.6 Å². The van der Waals surface area contributed by atoms with E-state index >= 15 is 0 Å². The van der Waals surface area contributed by atoms with E-state index in [0.717, 1.165) is 25.2 Å². The van der Waals surface area contributed by atoms with Gasteiger partial charge in [-0.15, -0.1) is 0 Å². The van der Waals surface area contributed by atoms with Gasteiger partial charge in [-0.05, 0) is 36.2 Å². The minimum absolute atomic E-state index is 0.0438. The lowest BCUT2D eigenvalue weighted by Crippen LogP contribution is -2.55. The van der Waals surface area contributed by atoms with E-state index in [9.17, 15) is 4.79 Å². The number of anilines is 1. The summed E-state index contributed by atoms with van der Waals surface area (Å²) in [6.45, 7) is 8.81. The van der Waals surface area contributed by atoms with E-state index in [1.165, 1.54) is 4.68 Å². The Balaban J connectivity index is 2.34. The largest absolute Gasteiger partial charge is 0.364 e. The normalized spacial score (nSPS) is 23.7. The SMILES string of the molecule is CCCn1ncc(N2CC(C)NCC2C)c(Br)c1=O. The van der Waals surface area contributed by atoms with Gasteiger partial charge in [0.05, 0.1) is 11.9 Å². The Kier molecular flexibility index (Phi) is 4.62. The van der Waals surface area contributed by atoms with E-state index < -0.39 is 0 Å². The molecule has 1 N–H and O–H groups in total. The highest BCUT2D eigenvalue weighted by Gasteiger charge is 2.25. The Labute approximate surface area is 122 Å². The maximum atomic E-state index is 12.2. The van der Waals surface area contributed by atoms with Crippen LogP contribution in [0.3, 0.4) is 0 Å². The number of piperazine rings is 1. The van der Waals surface area contributed by atoms with Gasteiger partial charge in [0.15, 0.2) is 0 Å². The first-order valence-electron chi connectivity index (χ1n) is 6.80. The first kappa shape index (κ1) is 14.5. The van der Waals surface area contributed by atoms with Gasteiger partial charge in [0.25, 0.3) is 5.56 Å². The number of nitrogens with one attached hydrogen (secondary N) is 1. The molecule has 2 unspecified atom stereocenters. The van der Waals surface area contributed by atoms with Crippen molar-refractivity contribution in [2.24, 2.45) is 0 Å². The molecule has 19 heavy (non-hydrogen) atoms. The zero-order chi connectivity index (χ0) is 14.0. The standard InChI is InChI=1S/C13H21BrN4O/c1-4-5-18-13(19)12(14)11(7-16-18)17-8-9(2)15-6-10(17)3/h7,9-10,15H,4-6,8H2,1-3H3. The summed E-state index contributed by atoms with van der Waals surface area (Å²) in [6.07, 6.45) is 2.70. The number of nitrogens with zero attached hydrogens (tertiary/aromatic N) is 3. The number of hydrogen-bond acceptors (Lipinski definition) is 4. The Bertz CT molecular complexity index is 502. The van der Waals surface area contributed by atoms with Crippen LogP contribution in [0, 0.1) is 0 Å². The maximum Gasteiger partial charge on any atom is 0.283 e. The van der Waals surface area contributed by atoms with Crippen molar-refractivity contribution in [3.05, 3.63) is 21.0 Å². The van der Waals surface area contributed by atoms with Crippen molar-refractivity contribution in [3.8, 4) is 0 Å². The van der Waals surface area contributed by atoms with Crippen LogP contribution in [0.4, 0.5) is 5.69 Å². The molecular formula is C13H21BrN4O. The number of halogens is 1. The van der Waals surface area contributed by atoms with Crippen LogP contribution in [-0.2, 0) is 6.54 Å². The molecule has 5 nitrogen and oxygen atoms in total. The Morgan fingerprint density at radius 3 is 2.95 bits per heavy atom. The number of aromatic nitrogens is 2. The van der Waals surface area contributed by atoms with Gasteiger partial charge in [0.2, 0.25) is 0 Å². The molecular weight excluding hydrogens is 308 g/mol. The lowest BCUT2D eigenvalue weighted by atomic mass is 10.1. The molecule has 2 heterocycles. The van der Waals surface area contributed by atoms with Gasteiger partial charge in [-0.2, -0.15) is 5.10 Å². The van der Waals surface area contributed by atoms with Crippen molar-refractivity contribution in [1.82, 2.24) is 15.1 Å². The molecule has 106 valence electrons. The highest BCUT2D eigenvalue weighted by atomic mass is 79.9. The molecule has 0 radical (unpaired) electrons. The first-order chi connectivity index (χ1) is 9.04. The minimum atomic E-state index is -0.0438. The monoisotopic (exact) mass is 328 g/mol. The highest BCUT2D eigenvalue weighted by molar-refractivity contribution is 9.10. The average molecular weight is 329 g/mol. The zero-order valence-corrected chi connectivity index (χ0v) is 13.3. The molecule has 1 aromatic rings. The highest BCUT2D eigenvalue weighted by Crippen LogP contribution is 2.25.